The van der Waals surface area contributed by atoms with Gasteiger partial charge < -0.3 is 14.7 Å². The number of hydrogen-bond acceptors (Lipinski definition) is 4. The number of esters is 1. The number of phenolic OH excluding ortho intramolecular Hbond substituents is 1. The summed E-state index contributed by atoms with van der Waals surface area (Å²) in [5, 5.41) is 9.95. The lowest BCUT2D eigenvalue weighted by Crippen LogP contribution is -2.29. The van der Waals surface area contributed by atoms with Gasteiger partial charge in [0.2, 0.25) is 0 Å². The van der Waals surface area contributed by atoms with E-state index in [0.717, 1.165) is 31.4 Å². The summed E-state index contributed by atoms with van der Waals surface area (Å²) in [5.74, 6) is 0.934. The van der Waals surface area contributed by atoms with Crippen molar-refractivity contribution in [2.24, 2.45) is 5.92 Å². The molecule has 1 saturated carbocycles. The minimum absolute atomic E-state index is 0.312. The maximum absolute atomic E-state index is 11.8. The molecule has 0 heterocycles. The van der Waals surface area contributed by atoms with Gasteiger partial charge in [0.1, 0.15) is 5.75 Å². The molecule has 0 spiro atoms. The molecule has 0 bridgehead atoms. The van der Waals surface area contributed by atoms with E-state index < -0.39 is 0 Å². The Hall–Kier alpha value is -2.59. The fraction of sp³-hybridized carbons (Fsp3) is 0.375. The number of benzene rings is 2. The fourth-order valence-corrected chi connectivity index (χ4v) is 4.20. The minimum atomic E-state index is -0.312. The molecule has 1 aliphatic carbocycles. The van der Waals surface area contributed by atoms with Crippen LogP contribution in [-0.2, 0) is 4.74 Å². The van der Waals surface area contributed by atoms with Crippen LogP contribution in [0.3, 0.4) is 0 Å². The largest absolute Gasteiger partial charge is 0.508 e. The number of allylic oxidation sites excluding steroid dienone is 1. The van der Waals surface area contributed by atoms with Crippen LogP contribution in [0.4, 0.5) is 0 Å². The van der Waals surface area contributed by atoms with Gasteiger partial charge in [-0.2, -0.15) is 0 Å². The Kier molecular flexibility index (Phi) is 6.53. The summed E-state index contributed by atoms with van der Waals surface area (Å²) in [4.78, 5) is 14.0. The molecule has 1 N–H and O–H groups in total. The van der Waals surface area contributed by atoms with Gasteiger partial charge in [-0.3, -0.25) is 0 Å². The summed E-state index contributed by atoms with van der Waals surface area (Å²) in [5.41, 5.74) is 4.17. The molecule has 2 aromatic rings. The highest BCUT2D eigenvalue weighted by Gasteiger charge is 2.29. The molecule has 4 nitrogen and oxygen atoms in total. The fourth-order valence-electron chi connectivity index (χ4n) is 4.20. The van der Waals surface area contributed by atoms with Crippen LogP contribution in [0.25, 0.3) is 6.08 Å². The molecule has 2 aromatic carbocycles. The lowest BCUT2D eigenvalue weighted by atomic mass is 9.73. The Labute approximate surface area is 167 Å². The zero-order chi connectivity index (χ0) is 20.1. The second-order valence-electron chi connectivity index (χ2n) is 7.89. The number of hydrogen-bond donors (Lipinski definition) is 1. The summed E-state index contributed by atoms with van der Waals surface area (Å²) in [7, 11) is 5.63. The molecular formula is C24H29NO3. The second-order valence-corrected chi connectivity index (χ2v) is 7.89. The van der Waals surface area contributed by atoms with Gasteiger partial charge in [-0.1, -0.05) is 35.9 Å². The van der Waals surface area contributed by atoms with E-state index in [-0.39, 0.29) is 5.97 Å². The predicted molar refractivity (Wildman–Crippen MR) is 113 cm³/mol. The average Bonchev–Trinajstić information content (AvgIpc) is 2.68. The number of aromatic hydroxyl groups is 1. The van der Waals surface area contributed by atoms with E-state index in [9.17, 15) is 9.90 Å². The lowest BCUT2D eigenvalue weighted by molar-refractivity contribution is 0.0600. The summed E-state index contributed by atoms with van der Waals surface area (Å²) in [6.45, 7) is 1.03. The van der Waals surface area contributed by atoms with Crippen molar-refractivity contribution in [2.75, 3.05) is 27.7 Å². The van der Waals surface area contributed by atoms with Crippen LogP contribution in [0.15, 0.2) is 54.1 Å². The highest BCUT2D eigenvalue weighted by molar-refractivity contribution is 5.90. The number of carbonyl (C=O) groups is 1. The third-order valence-electron chi connectivity index (χ3n) is 5.46. The Morgan fingerprint density at radius 1 is 1.21 bits per heavy atom. The SMILES string of the molecule is COC(=O)c1cccc(/C=C2/CC[C@H](CN(C)C)C(c3cccc(O)c3)C2)c1. The van der Waals surface area contributed by atoms with Crippen LogP contribution in [0, 0.1) is 5.92 Å². The molecule has 148 valence electrons. The van der Waals surface area contributed by atoms with E-state index in [0.29, 0.717) is 23.1 Å². The van der Waals surface area contributed by atoms with Gasteiger partial charge in [0.05, 0.1) is 12.7 Å². The quantitative estimate of drug-likeness (QED) is 0.765. The standard InChI is InChI=1S/C24H29NO3/c1-25(2)16-21-11-10-18(14-23(21)19-7-5-9-22(26)15-19)12-17-6-4-8-20(13-17)24(27)28-3/h4-9,12-13,15,21,23,26H,10-11,14,16H2,1-3H3/b18-12-/t21-,23?/m1/s1. The molecule has 0 aliphatic heterocycles. The van der Waals surface area contributed by atoms with Gasteiger partial charge in [0.25, 0.3) is 0 Å². The number of methoxy groups -OCH3 is 1. The number of rotatable bonds is 5. The Morgan fingerprint density at radius 3 is 2.71 bits per heavy atom. The Morgan fingerprint density at radius 2 is 2.00 bits per heavy atom. The molecular weight excluding hydrogens is 350 g/mol. The van der Waals surface area contributed by atoms with Gasteiger partial charge in [0, 0.05) is 6.54 Å². The van der Waals surface area contributed by atoms with E-state index in [1.165, 1.54) is 18.2 Å². The van der Waals surface area contributed by atoms with Crippen molar-refractivity contribution in [1.82, 2.24) is 4.90 Å². The van der Waals surface area contributed by atoms with Gasteiger partial charge in [0.15, 0.2) is 0 Å². The molecule has 4 heteroatoms. The zero-order valence-electron chi connectivity index (χ0n) is 16.9. The summed E-state index contributed by atoms with van der Waals surface area (Å²) < 4.78 is 4.83. The molecule has 0 radical (unpaired) electrons. The summed E-state index contributed by atoms with van der Waals surface area (Å²) in [6.07, 6.45) is 5.33. The number of carbonyl (C=O) groups excluding carboxylic acids is 1. The molecule has 2 atom stereocenters. The van der Waals surface area contributed by atoms with Crippen molar-refractivity contribution in [1.29, 1.82) is 0 Å². The van der Waals surface area contributed by atoms with E-state index in [4.69, 9.17) is 4.74 Å². The lowest BCUT2D eigenvalue weighted by Gasteiger charge is -2.35. The van der Waals surface area contributed by atoms with Crippen molar-refractivity contribution in [2.45, 2.75) is 25.2 Å². The molecule has 0 amide bonds. The first-order valence-electron chi connectivity index (χ1n) is 9.77. The predicted octanol–water partition coefficient (Wildman–Crippen LogP) is 4.71. The molecule has 1 fully saturated rings. The van der Waals surface area contributed by atoms with Crippen molar-refractivity contribution < 1.29 is 14.6 Å². The molecule has 3 rings (SSSR count). The molecule has 1 unspecified atom stereocenters. The number of phenols is 1. The van der Waals surface area contributed by atoms with E-state index in [2.05, 4.69) is 31.1 Å². The third kappa shape index (κ3) is 5.02. The van der Waals surface area contributed by atoms with E-state index >= 15 is 0 Å². The minimum Gasteiger partial charge on any atom is -0.508 e. The number of nitrogens with zero attached hydrogens (tertiary/aromatic N) is 1. The topological polar surface area (TPSA) is 49.8 Å². The van der Waals surface area contributed by atoms with Crippen molar-refractivity contribution in [3.8, 4) is 5.75 Å². The van der Waals surface area contributed by atoms with Crippen LogP contribution >= 0.6 is 0 Å². The van der Waals surface area contributed by atoms with Crippen LogP contribution in [0.2, 0.25) is 0 Å². The smallest absolute Gasteiger partial charge is 0.337 e. The summed E-state index contributed by atoms with van der Waals surface area (Å²) in [6, 6.07) is 15.2. The molecule has 1 aliphatic rings. The van der Waals surface area contributed by atoms with Crippen LogP contribution in [0.5, 0.6) is 5.75 Å². The zero-order valence-corrected chi connectivity index (χ0v) is 16.9. The first-order valence-corrected chi connectivity index (χ1v) is 9.77. The maximum atomic E-state index is 11.8. The molecule has 0 saturated heterocycles. The van der Waals surface area contributed by atoms with Gasteiger partial charge >= 0.3 is 5.97 Å². The normalized spacial score (nSPS) is 21.1. The average molecular weight is 380 g/mol. The Balaban J connectivity index is 1.86. The first-order chi connectivity index (χ1) is 13.5. The van der Waals surface area contributed by atoms with Crippen LogP contribution in [0.1, 0.15) is 46.7 Å². The van der Waals surface area contributed by atoms with Crippen LogP contribution in [-0.4, -0.2) is 43.7 Å². The highest BCUT2D eigenvalue weighted by Crippen LogP contribution is 2.42. The van der Waals surface area contributed by atoms with Crippen molar-refractivity contribution >= 4 is 12.0 Å². The monoisotopic (exact) mass is 379 g/mol. The molecule has 0 aromatic heterocycles. The van der Waals surface area contributed by atoms with Gasteiger partial charge in [-0.05, 0) is 80.6 Å². The van der Waals surface area contributed by atoms with Crippen molar-refractivity contribution in [3.05, 3.63) is 70.8 Å². The third-order valence-corrected chi connectivity index (χ3v) is 5.46. The van der Waals surface area contributed by atoms with Gasteiger partial charge in [-0.25, -0.2) is 4.79 Å². The Bertz CT molecular complexity index is 856. The first kappa shape index (κ1) is 20.2. The van der Waals surface area contributed by atoms with Gasteiger partial charge in [-0.15, -0.1) is 0 Å². The van der Waals surface area contributed by atoms with E-state index in [1.54, 1.807) is 12.1 Å². The maximum Gasteiger partial charge on any atom is 0.337 e. The second kappa shape index (κ2) is 9.07. The van der Waals surface area contributed by atoms with E-state index in [1.807, 2.05) is 30.3 Å². The number of ether oxygens (including phenoxy) is 1. The van der Waals surface area contributed by atoms with Crippen molar-refractivity contribution in [3.63, 3.8) is 0 Å². The highest BCUT2D eigenvalue weighted by atomic mass is 16.5. The molecule has 28 heavy (non-hydrogen) atoms. The summed E-state index contributed by atoms with van der Waals surface area (Å²) >= 11 is 0. The van der Waals surface area contributed by atoms with Crippen LogP contribution < -0.4 is 0 Å².